The minimum absolute atomic E-state index is 0.622. The highest BCUT2D eigenvalue weighted by Gasteiger charge is 2.22. The number of nitrogens with zero attached hydrogens (tertiary/aromatic N) is 2. The van der Waals surface area contributed by atoms with Crippen LogP contribution in [0.25, 0.3) is 0 Å². The standard InChI is InChI=1S/C18H28N4O/c1-2-19-18(21-17-7-8-17)20-13-15-5-3-4-6-16(15)14-22-9-11-23-12-10-22/h3-6,17H,2,7-14H2,1H3,(H2,19,20,21). The Morgan fingerprint density at radius 1 is 1.22 bits per heavy atom. The highest BCUT2D eigenvalue weighted by molar-refractivity contribution is 5.80. The molecule has 1 aromatic carbocycles. The van der Waals surface area contributed by atoms with Gasteiger partial charge in [-0.25, -0.2) is 4.99 Å². The molecule has 0 aromatic heterocycles. The highest BCUT2D eigenvalue weighted by atomic mass is 16.5. The topological polar surface area (TPSA) is 48.9 Å². The van der Waals surface area contributed by atoms with Gasteiger partial charge in [0.15, 0.2) is 5.96 Å². The Kier molecular flexibility index (Phi) is 5.88. The molecule has 1 aliphatic heterocycles. The molecule has 0 radical (unpaired) electrons. The van der Waals surface area contributed by atoms with E-state index in [9.17, 15) is 0 Å². The summed E-state index contributed by atoms with van der Waals surface area (Å²) in [6, 6.07) is 9.27. The van der Waals surface area contributed by atoms with E-state index in [0.717, 1.165) is 51.9 Å². The van der Waals surface area contributed by atoms with E-state index < -0.39 is 0 Å². The van der Waals surface area contributed by atoms with Crippen molar-refractivity contribution in [3.05, 3.63) is 35.4 Å². The Hall–Kier alpha value is -1.59. The van der Waals surface area contributed by atoms with Crippen LogP contribution >= 0.6 is 0 Å². The van der Waals surface area contributed by atoms with E-state index >= 15 is 0 Å². The summed E-state index contributed by atoms with van der Waals surface area (Å²) in [4.78, 5) is 7.23. The molecule has 1 aliphatic carbocycles. The molecular formula is C18H28N4O. The van der Waals surface area contributed by atoms with E-state index in [-0.39, 0.29) is 0 Å². The molecule has 0 spiro atoms. The smallest absolute Gasteiger partial charge is 0.191 e. The number of ether oxygens (including phenoxy) is 1. The van der Waals surface area contributed by atoms with Gasteiger partial charge in [-0.1, -0.05) is 24.3 Å². The molecule has 0 atom stereocenters. The van der Waals surface area contributed by atoms with E-state index in [1.165, 1.54) is 24.0 Å². The third-order valence-corrected chi connectivity index (χ3v) is 4.29. The molecule has 2 aliphatic rings. The number of benzene rings is 1. The number of morpholine rings is 1. The largest absolute Gasteiger partial charge is 0.379 e. The van der Waals surface area contributed by atoms with Crippen molar-refractivity contribution in [2.24, 2.45) is 4.99 Å². The normalized spacial score (nSPS) is 19.6. The maximum absolute atomic E-state index is 5.44. The van der Waals surface area contributed by atoms with Crippen molar-refractivity contribution >= 4 is 5.96 Å². The van der Waals surface area contributed by atoms with Crippen LogP contribution in [-0.2, 0) is 17.8 Å². The summed E-state index contributed by atoms with van der Waals surface area (Å²) < 4.78 is 5.44. The maximum atomic E-state index is 5.44. The number of hydrogen-bond acceptors (Lipinski definition) is 3. The molecule has 126 valence electrons. The summed E-state index contributed by atoms with van der Waals surface area (Å²) in [6.45, 7) is 8.44. The van der Waals surface area contributed by atoms with Crippen LogP contribution in [-0.4, -0.2) is 49.7 Å². The molecule has 23 heavy (non-hydrogen) atoms. The lowest BCUT2D eigenvalue weighted by molar-refractivity contribution is 0.0341. The number of guanidine groups is 1. The zero-order chi connectivity index (χ0) is 15.9. The molecule has 1 saturated carbocycles. The number of nitrogens with one attached hydrogen (secondary N) is 2. The zero-order valence-corrected chi connectivity index (χ0v) is 14.1. The van der Waals surface area contributed by atoms with E-state index in [2.05, 4.69) is 46.7 Å². The van der Waals surface area contributed by atoms with Gasteiger partial charge in [0.2, 0.25) is 0 Å². The average Bonchev–Trinajstić information content (AvgIpc) is 3.39. The SMILES string of the molecule is CCNC(=NCc1ccccc1CN1CCOCC1)NC1CC1. The summed E-state index contributed by atoms with van der Waals surface area (Å²) in [6.07, 6.45) is 2.52. The molecule has 2 fully saturated rings. The molecule has 5 nitrogen and oxygen atoms in total. The van der Waals surface area contributed by atoms with Crippen LogP contribution in [0, 0.1) is 0 Å². The van der Waals surface area contributed by atoms with Crippen LogP contribution in [0.5, 0.6) is 0 Å². The Balaban J connectivity index is 1.63. The predicted molar refractivity (Wildman–Crippen MR) is 93.5 cm³/mol. The Morgan fingerprint density at radius 2 is 1.96 bits per heavy atom. The summed E-state index contributed by atoms with van der Waals surface area (Å²) in [7, 11) is 0. The van der Waals surface area contributed by atoms with Gasteiger partial charge < -0.3 is 15.4 Å². The van der Waals surface area contributed by atoms with Crippen LogP contribution < -0.4 is 10.6 Å². The van der Waals surface area contributed by atoms with Crippen LogP contribution in [0.1, 0.15) is 30.9 Å². The average molecular weight is 316 g/mol. The molecule has 3 rings (SSSR count). The quantitative estimate of drug-likeness (QED) is 0.620. The number of hydrogen-bond donors (Lipinski definition) is 2. The van der Waals surface area contributed by atoms with Crippen LogP contribution in [0.3, 0.4) is 0 Å². The minimum Gasteiger partial charge on any atom is -0.379 e. The van der Waals surface area contributed by atoms with Crippen molar-refractivity contribution in [3.8, 4) is 0 Å². The molecule has 0 unspecified atom stereocenters. The van der Waals surface area contributed by atoms with Crippen LogP contribution in [0.2, 0.25) is 0 Å². The predicted octanol–water partition coefficient (Wildman–Crippen LogP) is 1.74. The third kappa shape index (κ3) is 5.22. The first-order valence-corrected chi connectivity index (χ1v) is 8.77. The van der Waals surface area contributed by atoms with E-state index in [0.29, 0.717) is 6.04 Å². The first-order chi connectivity index (χ1) is 11.3. The molecule has 1 aromatic rings. The zero-order valence-electron chi connectivity index (χ0n) is 14.1. The van der Waals surface area contributed by atoms with Crippen LogP contribution in [0.15, 0.2) is 29.3 Å². The van der Waals surface area contributed by atoms with Crippen molar-refractivity contribution in [1.29, 1.82) is 0 Å². The first-order valence-electron chi connectivity index (χ1n) is 8.77. The lowest BCUT2D eigenvalue weighted by atomic mass is 10.1. The van der Waals surface area contributed by atoms with Gasteiger partial charge in [0.05, 0.1) is 19.8 Å². The fourth-order valence-electron chi connectivity index (χ4n) is 2.77. The minimum atomic E-state index is 0.622. The van der Waals surface area contributed by atoms with Gasteiger partial charge >= 0.3 is 0 Å². The fourth-order valence-corrected chi connectivity index (χ4v) is 2.77. The molecule has 1 heterocycles. The molecule has 1 saturated heterocycles. The van der Waals surface area contributed by atoms with Gasteiger partial charge in [-0.05, 0) is 30.9 Å². The number of aliphatic imine (C=N–C) groups is 1. The second-order valence-electron chi connectivity index (χ2n) is 6.27. The van der Waals surface area contributed by atoms with E-state index in [1.807, 2.05) is 0 Å². The van der Waals surface area contributed by atoms with Gasteiger partial charge in [-0.2, -0.15) is 0 Å². The Labute approximate surface area is 139 Å². The van der Waals surface area contributed by atoms with Crippen molar-refractivity contribution in [1.82, 2.24) is 15.5 Å². The highest BCUT2D eigenvalue weighted by Crippen LogP contribution is 2.18. The van der Waals surface area contributed by atoms with Crippen molar-refractivity contribution in [3.63, 3.8) is 0 Å². The summed E-state index contributed by atoms with van der Waals surface area (Å²) in [5.74, 6) is 0.941. The monoisotopic (exact) mass is 316 g/mol. The van der Waals surface area contributed by atoms with Crippen LogP contribution in [0.4, 0.5) is 0 Å². The second kappa shape index (κ2) is 8.31. The summed E-state index contributed by atoms with van der Waals surface area (Å²) >= 11 is 0. The summed E-state index contributed by atoms with van der Waals surface area (Å²) in [5, 5.41) is 6.81. The fraction of sp³-hybridized carbons (Fsp3) is 0.611. The van der Waals surface area contributed by atoms with Crippen molar-refractivity contribution in [2.45, 2.75) is 38.9 Å². The third-order valence-electron chi connectivity index (χ3n) is 4.29. The second-order valence-corrected chi connectivity index (χ2v) is 6.27. The van der Waals surface area contributed by atoms with E-state index in [1.54, 1.807) is 0 Å². The molecule has 2 N–H and O–H groups in total. The van der Waals surface area contributed by atoms with Gasteiger partial charge in [0.25, 0.3) is 0 Å². The van der Waals surface area contributed by atoms with Gasteiger partial charge in [0.1, 0.15) is 0 Å². The molecule has 0 bridgehead atoms. The van der Waals surface area contributed by atoms with E-state index in [4.69, 9.17) is 9.73 Å². The lowest BCUT2D eigenvalue weighted by Gasteiger charge is -2.27. The van der Waals surface area contributed by atoms with Gasteiger partial charge in [-0.15, -0.1) is 0 Å². The molecule has 5 heteroatoms. The number of rotatable bonds is 6. The maximum Gasteiger partial charge on any atom is 0.191 e. The summed E-state index contributed by atoms with van der Waals surface area (Å²) in [5.41, 5.74) is 2.69. The van der Waals surface area contributed by atoms with Crippen molar-refractivity contribution < 1.29 is 4.74 Å². The first kappa shape index (κ1) is 16.3. The van der Waals surface area contributed by atoms with Crippen molar-refractivity contribution in [2.75, 3.05) is 32.8 Å². The van der Waals surface area contributed by atoms with Gasteiger partial charge in [-0.3, -0.25) is 4.90 Å². The lowest BCUT2D eigenvalue weighted by Crippen LogP contribution is -2.38. The molecular weight excluding hydrogens is 288 g/mol. The molecule has 0 amide bonds. The Morgan fingerprint density at radius 3 is 2.65 bits per heavy atom. The van der Waals surface area contributed by atoms with Gasteiger partial charge in [0, 0.05) is 32.2 Å². The Bertz CT molecular complexity index is 522.